The first-order chi connectivity index (χ1) is 18.6. The van der Waals surface area contributed by atoms with Crippen molar-refractivity contribution in [2.45, 2.75) is 69.6 Å². The number of halogens is 2. The van der Waals surface area contributed by atoms with Crippen molar-refractivity contribution in [3.8, 4) is 22.3 Å². The highest BCUT2D eigenvalue weighted by Crippen LogP contribution is 2.54. The Morgan fingerprint density at radius 2 is 0.951 bits per heavy atom. The van der Waals surface area contributed by atoms with Crippen molar-refractivity contribution in [1.29, 1.82) is 0 Å². The van der Waals surface area contributed by atoms with Gasteiger partial charge in [0.2, 0.25) is 0 Å². The minimum Gasteiger partial charge on any atom is -1.00 e. The van der Waals surface area contributed by atoms with Crippen LogP contribution in [0.15, 0.2) is 72.8 Å². The Kier molecular flexibility index (Phi) is 13.8. The molecule has 0 radical (unpaired) electrons. The zero-order valence-corrected chi connectivity index (χ0v) is 29.7. The Balaban J connectivity index is 0.00000294. The third kappa shape index (κ3) is 9.78. The number of rotatable bonds is 15. The summed E-state index contributed by atoms with van der Waals surface area (Å²) in [6.07, 6.45) is 13.1. The van der Waals surface area contributed by atoms with Crippen LogP contribution in [-0.2, 0) is 5.41 Å². The molecule has 4 heteroatoms. The molecule has 0 saturated heterocycles. The van der Waals surface area contributed by atoms with Crippen molar-refractivity contribution in [1.82, 2.24) is 0 Å². The van der Waals surface area contributed by atoms with Crippen LogP contribution in [-0.4, -0.2) is 64.3 Å². The summed E-state index contributed by atoms with van der Waals surface area (Å²) in [5.74, 6) is 0. The molecule has 1 aliphatic carbocycles. The van der Waals surface area contributed by atoms with Gasteiger partial charge in [-0.15, -0.1) is 0 Å². The largest absolute Gasteiger partial charge is 1.00 e. The number of fused-ring (bicyclic) bond motifs is 3. The molecular formula is C37H54Br2N2. The number of benzene rings is 3. The van der Waals surface area contributed by atoms with Crippen molar-refractivity contribution >= 4 is 0 Å². The maximum absolute atomic E-state index is 2.55. The Morgan fingerprint density at radius 3 is 1.51 bits per heavy atom. The Labute approximate surface area is 272 Å². The second-order valence-corrected chi connectivity index (χ2v) is 14.1. The van der Waals surface area contributed by atoms with Crippen LogP contribution >= 0.6 is 0 Å². The molecule has 0 atom stereocenters. The SMILES string of the molecule is C[N+](C)(C)CCCCCCC1(CCCCCC[N+](C)(C)C)c2ccccc2-c2ccc(-c3ccccc3)cc21.[Br-].[Br-]. The van der Waals surface area contributed by atoms with E-state index >= 15 is 0 Å². The summed E-state index contributed by atoms with van der Waals surface area (Å²) in [5, 5.41) is 0. The first-order valence-corrected chi connectivity index (χ1v) is 15.5. The fourth-order valence-corrected chi connectivity index (χ4v) is 6.66. The zero-order valence-electron chi connectivity index (χ0n) is 26.6. The molecule has 3 aromatic rings. The highest BCUT2D eigenvalue weighted by molar-refractivity contribution is 5.83. The van der Waals surface area contributed by atoms with Gasteiger partial charge < -0.3 is 42.9 Å². The molecule has 0 N–H and O–H groups in total. The van der Waals surface area contributed by atoms with Crippen LogP contribution in [0.2, 0.25) is 0 Å². The van der Waals surface area contributed by atoms with Gasteiger partial charge in [0.05, 0.1) is 55.4 Å². The van der Waals surface area contributed by atoms with E-state index in [1.165, 1.54) is 99.6 Å². The Morgan fingerprint density at radius 1 is 0.463 bits per heavy atom. The predicted octanol–water partition coefficient (Wildman–Crippen LogP) is 2.94. The average Bonchev–Trinajstić information content (AvgIpc) is 3.17. The van der Waals surface area contributed by atoms with Crippen molar-refractivity contribution in [3.05, 3.63) is 83.9 Å². The summed E-state index contributed by atoms with van der Waals surface area (Å²) in [7, 11) is 13.9. The summed E-state index contributed by atoms with van der Waals surface area (Å²) in [4.78, 5) is 0. The van der Waals surface area contributed by atoms with Crippen LogP contribution in [0, 0.1) is 0 Å². The van der Waals surface area contributed by atoms with E-state index in [1.54, 1.807) is 11.1 Å². The highest BCUT2D eigenvalue weighted by Gasteiger charge is 2.42. The van der Waals surface area contributed by atoms with Crippen LogP contribution in [0.25, 0.3) is 22.3 Å². The van der Waals surface area contributed by atoms with Crippen molar-refractivity contribution in [3.63, 3.8) is 0 Å². The van der Waals surface area contributed by atoms with Crippen LogP contribution in [0.3, 0.4) is 0 Å². The van der Waals surface area contributed by atoms with Gasteiger partial charge in [0.15, 0.2) is 0 Å². The van der Waals surface area contributed by atoms with E-state index < -0.39 is 0 Å². The van der Waals surface area contributed by atoms with E-state index in [0.717, 1.165) is 8.97 Å². The lowest BCUT2D eigenvalue weighted by Gasteiger charge is -2.33. The van der Waals surface area contributed by atoms with Crippen LogP contribution in [0.4, 0.5) is 0 Å². The van der Waals surface area contributed by atoms with E-state index in [2.05, 4.69) is 115 Å². The fourth-order valence-electron chi connectivity index (χ4n) is 6.66. The molecule has 0 fully saturated rings. The second-order valence-electron chi connectivity index (χ2n) is 14.1. The van der Waals surface area contributed by atoms with E-state index in [4.69, 9.17) is 0 Å². The lowest BCUT2D eigenvalue weighted by Crippen LogP contribution is -3.00. The minimum absolute atomic E-state index is 0. The van der Waals surface area contributed by atoms with Gasteiger partial charge in [-0.25, -0.2) is 0 Å². The van der Waals surface area contributed by atoms with Crippen molar-refractivity contribution in [2.24, 2.45) is 0 Å². The van der Waals surface area contributed by atoms with E-state index in [1.807, 2.05) is 0 Å². The molecule has 1 aliphatic rings. The number of quaternary nitrogens is 2. The number of nitrogens with zero attached hydrogens (tertiary/aromatic N) is 2. The number of unbranched alkanes of at least 4 members (excludes halogenated alkanes) is 6. The van der Waals surface area contributed by atoms with E-state index in [9.17, 15) is 0 Å². The summed E-state index contributed by atoms with van der Waals surface area (Å²) in [5.41, 5.74) is 8.94. The third-order valence-electron chi connectivity index (χ3n) is 8.74. The molecule has 0 unspecified atom stereocenters. The Hall–Kier alpha value is -1.46. The zero-order chi connectivity index (χ0) is 27.9. The van der Waals surface area contributed by atoms with Gasteiger partial charge in [-0.1, -0.05) is 92.4 Å². The van der Waals surface area contributed by atoms with Gasteiger partial charge in [-0.05, 0) is 78.0 Å². The normalized spacial score (nSPS) is 13.6. The predicted molar refractivity (Wildman–Crippen MR) is 170 cm³/mol. The number of hydrogen-bond acceptors (Lipinski definition) is 0. The molecule has 0 bridgehead atoms. The molecule has 0 spiro atoms. The summed E-state index contributed by atoms with van der Waals surface area (Å²) in [6, 6.07) is 27.6. The van der Waals surface area contributed by atoms with Gasteiger partial charge in [0.1, 0.15) is 0 Å². The summed E-state index contributed by atoms with van der Waals surface area (Å²) < 4.78 is 2.14. The maximum Gasteiger partial charge on any atom is 0.0780 e. The van der Waals surface area contributed by atoms with Crippen LogP contribution in [0.5, 0.6) is 0 Å². The standard InChI is InChI=1S/C37H54N2.2BrH/c1-38(2,3)28-18-9-7-16-26-37(27-17-8-10-19-29-39(4,5)6)35-23-15-14-22-33(35)34-25-24-32(30-36(34)37)31-20-12-11-13-21-31;;/h11-15,20-25,30H,7-10,16-19,26-29H2,1-6H3;2*1H/q+2;;/p-2. The molecule has 0 aliphatic heterocycles. The maximum atomic E-state index is 2.55. The molecule has 2 nitrogen and oxygen atoms in total. The summed E-state index contributed by atoms with van der Waals surface area (Å²) >= 11 is 0. The molecule has 0 saturated carbocycles. The first-order valence-electron chi connectivity index (χ1n) is 15.5. The van der Waals surface area contributed by atoms with Gasteiger partial charge in [0, 0.05) is 5.41 Å². The molecule has 4 rings (SSSR count). The van der Waals surface area contributed by atoms with Crippen LogP contribution < -0.4 is 34.0 Å². The molecule has 0 amide bonds. The highest BCUT2D eigenvalue weighted by atomic mass is 79.9. The topological polar surface area (TPSA) is 0 Å². The minimum atomic E-state index is 0. The van der Waals surface area contributed by atoms with E-state index in [0.29, 0.717) is 0 Å². The average molecular weight is 687 g/mol. The fraction of sp³-hybridized carbons (Fsp3) is 0.514. The third-order valence-corrected chi connectivity index (χ3v) is 8.74. The van der Waals surface area contributed by atoms with Crippen molar-refractivity contribution < 1.29 is 42.9 Å². The van der Waals surface area contributed by atoms with Crippen LogP contribution in [0.1, 0.15) is 75.3 Å². The smallest absolute Gasteiger partial charge is 0.0780 e. The molecule has 41 heavy (non-hydrogen) atoms. The molecule has 0 heterocycles. The second kappa shape index (κ2) is 15.8. The number of hydrogen-bond donors (Lipinski definition) is 0. The van der Waals surface area contributed by atoms with Gasteiger partial charge in [0.25, 0.3) is 0 Å². The Bertz CT molecular complexity index is 1170. The van der Waals surface area contributed by atoms with Crippen molar-refractivity contribution in [2.75, 3.05) is 55.4 Å². The lowest BCUT2D eigenvalue weighted by atomic mass is 9.70. The van der Waals surface area contributed by atoms with E-state index in [-0.39, 0.29) is 39.4 Å². The van der Waals surface area contributed by atoms with Gasteiger partial charge in [-0.2, -0.15) is 0 Å². The molecule has 3 aromatic carbocycles. The molecular weight excluding hydrogens is 632 g/mol. The quantitative estimate of drug-likeness (QED) is 0.171. The first kappa shape index (κ1) is 35.7. The monoisotopic (exact) mass is 684 g/mol. The molecule has 0 aromatic heterocycles. The van der Waals surface area contributed by atoms with Gasteiger partial charge in [-0.3, -0.25) is 0 Å². The molecule has 226 valence electrons. The summed E-state index contributed by atoms with van der Waals surface area (Å²) in [6.45, 7) is 2.54. The van der Waals surface area contributed by atoms with Gasteiger partial charge >= 0.3 is 0 Å². The lowest BCUT2D eigenvalue weighted by molar-refractivity contribution is -0.870.